The monoisotopic (exact) mass is 598 g/mol. The first-order chi connectivity index (χ1) is 19.1. The Morgan fingerprint density at radius 3 is 2.10 bits per heavy atom. The summed E-state index contributed by atoms with van der Waals surface area (Å²) in [4.78, 5) is 26.5. The van der Waals surface area contributed by atoms with E-state index in [1.54, 1.807) is 12.1 Å². The second-order valence-electron chi connectivity index (χ2n) is 11.2. The van der Waals surface area contributed by atoms with Gasteiger partial charge in [0.2, 0.25) is 0 Å². The number of hydrogen-bond donors (Lipinski definition) is 1. The Morgan fingerprint density at radius 1 is 1.00 bits per heavy atom. The van der Waals surface area contributed by atoms with Crippen LogP contribution in [0.3, 0.4) is 0 Å². The van der Waals surface area contributed by atoms with Crippen molar-refractivity contribution in [2.45, 2.75) is 50.7 Å². The highest BCUT2D eigenvalue weighted by Gasteiger charge is 2.41. The molecule has 2 aromatic carbocycles. The Balaban J connectivity index is 0.000000587. The minimum Gasteiger partial charge on any atom is -0.493 e. The molecule has 0 saturated carbocycles. The number of halogens is 3. The van der Waals surface area contributed by atoms with Gasteiger partial charge in [-0.05, 0) is 67.5 Å². The van der Waals surface area contributed by atoms with Gasteiger partial charge in [0.05, 0.1) is 11.5 Å². The number of alkyl halides is 3. The summed E-state index contributed by atoms with van der Waals surface area (Å²) in [6, 6.07) is 14.6. The molecule has 2 fully saturated rings. The number of carbonyl (C=O) groups is 2. The molecule has 0 aromatic heterocycles. The highest BCUT2D eigenvalue weighted by atomic mass is 32.2. The van der Waals surface area contributed by atoms with Crippen LogP contribution in [0.25, 0.3) is 0 Å². The van der Waals surface area contributed by atoms with E-state index in [9.17, 15) is 26.4 Å². The van der Waals surface area contributed by atoms with Crippen molar-refractivity contribution in [2.75, 3.05) is 39.0 Å². The van der Waals surface area contributed by atoms with E-state index in [-0.39, 0.29) is 16.2 Å². The van der Waals surface area contributed by atoms with Gasteiger partial charge in [0.25, 0.3) is 5.91 Å². The van der Waals surface area contributed by atoms with Crippen LogP contribution in [0, 0.1) is 11.3 Å². The molecule has 41 heavy (non-hydrogen) atoms. The summed E-state index contributed by atoms with van der Waals surface area (Å²) in [7, 11) is -3.26. The van der Waals surface area contributed by atoms with Crippen molar-refractivity contribution in [3.8, 4) is 5.75 Å². The molecule has 2 aromatic rings. The second kappa shape index (κ2) is 13.2. The van der Waals surface area contributed by atoms with Crippen molar-refractivity contribution in [3.63, 3.8) is 0 Å². The zero-order valence-corrected chi connectivity index (χ0v) is 24.3. The lowest BCUT2D eigenvalue weighted by atomic mass is 9.77. The minimum atomic E-state index is -5.08. The predicted molar refractivity (Wildman–Crippen MR) is 147 cm³/mol. The SMILES string of the molecule is CC(C)COc1ccccc1CN1CCC2(CCN(C(=O)c3ccc(S(C)(=O)=O)cc3)CC2)C1.O=C(O)C(F)(F)F. The predicted octanol–water partition coefficient (Wildman–Crippen LogP) is 4.89. The van der Waals surface area contributed by atoms with Gasteiger partial charge in [-0.3, -0.25) is 9.69 Å². The fraction of sp³-hybridized carbons (Fsp3) is 0.517. The third kappa shape index (κ3) is 9.19. The molecule has 2 aliphatic rings. The maximum atomic E-state index is 13.0. The average molecular weight is 599 g/mol. The Morgan fingerprint density at radius 2 is 1.56 bits per heavy atom. The van der Waals surface area contributed by atoms with Crippen molar-refractivity contribution in [1.82, 2.24) is 9.80 Å². The van der Waals surface area contributed by atoms with E-state index in [1.165, 1.54) is 24.0 Å². The zero-order chi connectivity index (χ0) is 30.4. The molecular weight excluding hydrogens is 561 g/mol. The number of nitrogens with zero attached hydrogens (tertiary/aromatic N) is 2. The van der Waals surface area contributed by atoms with Gasteiger partial charge in [-0.2, -0.15) is 13.2 Å². The minimum absolute atomic E-state index is 0.0130. The number of amides is 1. The molecule has 8 nitrogen and oxygen atoms in total. The number of likely N-dealkylation sites (tertiary alicyclic amines) is 2. The molecule has 0 atom stereocenters. The van der Waals surface area contributed by atoms with Gasteiger partial charge in [0, 0.05) is 43.6 Å². The molecule has 12 heteroatoms. The molecule has 0 aliphatic carbocycles. The third-order valence-electron chi connectivity index (χ3n) is 7.34. The number of carbonyl (C=O) groups excluding carboxylic acids is 1. The number of piperidine rings is 1. The molecule has 2 heterocycles. The third-order valence-corrected chi connectivity index (χ3v) is 8.47. The van der Waals surface area contributed by atoms with Crippen molar-refractivity contribution in [2.24, 2.45) is 11.3 Å². The van der Waals surface area contributed by atoms with Gasteiger partial charge in [-0.15, -0.1) is 0 Å². The lowest BCUT2D eigenvalue weighted by Crippen LogP contribution is -2.44. The molecule has 2 aliphatic heterocycles. The molecule has 0 radical (unpaired) electrons. The lowest BCUT2D eigenvalue weighted by Gasteiger charge is -2.39. The Hall–Kier alpha value is -3.12. The van der Waals surface area contributed by atoms with Crippen molar-refractivity contribution in [1.29, 1.82) is 0 Å². The first-order valence-electron chi connectivity index (χ1n) is 13.4. The standard InChI is InChI=1S/C27H36N2O4S.C2HF3O2/c1-21(2)19-33-25-7-5-4-6-23(25)18-28-15-12-27(20-28)13-16-29(17-14-27)26(30)22-8-10-24(11-9-22)34(3,31)32;3-2(4,5)1(6)7/h4-11,21H,12-20H2,1-3H3;(H,6,7). The maximum Gasteiger partial charge on any atom is 0.490 e. The molecule has 2 saturated heterocycles. The van der Waals surface area contributed by atoms with Crippen molar-refractivity contribution in [3.05, 3.63) is 59.7 Å². The number of aliphatic carboxylic acids is 1. The van der Waals surface area contributed by atoms with Crippen LogP contribution in [-0.4, -0.2) is 80.4 Å². The Kier molecular flexibility index (Phi) is 10.5. The van der Waals surface area contributed by atoms with Crippen molar-refractivity contribution >= 4 is 21.7 Å². The number of carboxylic acids is 1. The highest BCUT2D eigenvalue weighted by molar-refractivity contribution is 7.90. The van der Waals surface area contributed by atoms with E-state index >= 15 is 0 Å². The van der Waals surface area contributed by atoms with E-state index in [1.807, 2.05) is 11.0 Å². The second-order valence-corrected chi connectivity index (χ2v) is 13.2. The maximum absolute atomic E-state index is 13.0. The summed E-state index contributed by atoms with van der Waals surface area (Å²) in [5.74, 6) is -1.29. The molecule has 4 rings (SSSR count). The summed E-state index contributed by atoms with van der Waals surface area (Å²) in [6.45, 7) is 9.55. The Bertz CT molecular complexity index is 1300. The van der Waals surface area contributed by atoms with Gasteiger partial charge >= 0.3 is 12.1 Å². The quantitative estimate of drug-likeness (QED) is 0.484. The van der Waals surface area contributed by atoms with Gasteiger partial charge in [0.15, 0.2) is 9.84 Å². The van der Waals surface area contributed by atoms with Crippen LogP contribution in [0.1, 0.15) is 49.0 Å². The summed E-state index contributed by atoms with van der Waals surface area (Å²) in [5.41, 5.74) is 2.06. The number of benzene rings is 2. The topological polar surface area (TPSA) is 104 Å². The molecular formula is C29H37F3N2O6S. The van der Waals surface area contributed by atoms with E-state index in [0.29, 0.717) is 11.5 Å². The molecule has 0 bridgehead atoms. The smallest absolute Gasteiger partial charge is 0.490 e. The van der Waals surface area contributed by atoms with E-state index in [2.05, 4.69) is 36.9 Å². The summed E-state index contributed by atoms with van der Waals surface area (Å²) in [6.07, 6.45) is -0.743. The largest absolute Gasteiger partial charge is 0.493 e. The van der Waals surface area contributed by atoms with E-state index < -0.39 is 22.0 Å². The fourth-order valence-electron chi connectivity index (χ4n) is 5.05. The number of para-hydroxylation sites is 1. The number of ether oxygens (including phenoxy) is 1. The van der Waals surface area contributed by atoms with Gasteiger partial charge in [-0.1, -0.05) is 32.0 Å². The summed E-state index contributed by atoms with van der Waals surface area (Å²) in [5, 5.41) is 7.12. The number of rotatable bonds is 7. The van der Waals surface area contributed by atoms with Crippen LogP contribution in [0.5, 0.6) is 5.75 Å². The summed E-state index contributed by atoms with van der Waals surface area (Å²) < 4.78 is 61.1. The van der Waals surface area contributed by atoms with Crippen LogP contribution in [0.15, 0.2) is 53.4 Å². The summed E-state index contributed by atoms with van der Waals surface area (Å²) >= 11 is 0. The van der Waals surface area contributed by atoms with Crippen LogP contribution in [0.2, 0.25) is 0 Å². The van der Waals surface area contributed by atoms with Gasteiger partial charge in [0.1, 0.15) is 5.75 Å². The van der Waals surface area contributed by atoms with Crippen LogP contribution >= 0.6 is 0 Å². The van der Waals surface area contributed by atoms with Crippen LogP contribution in [0.4, 0.5) is 13.2 Å². The van der Waals surface area contributed by atoms with E-state index in [4.69, 9.17) is 14.6 Å². The number of sulfone groups is 1. The molecule has 226 valence electrons. The number of carboxylic acid groups (broad SMARTS) is 1. The fourth-order valence-corrected chi connectivity index (χ4v) is 5.69. The molecule has 0 unspecified atom stereocenters. The normalized spacial score (nSPS) is 17.3. The van der Waals surface area contributed by atoms with E-state index in [0.717, 1.165) is 64.3 Å². The van der Waals surface area contributed by atoms with Crippen LogP contribution < -0.4 is 4.74 Å². The van der Waals surface area contributed by atoms with Crippen molar-refractivity contribution < 1.29 is 41.0 Å². The first-order valence-corrected chi connectivity index (χ1v) is 15.3. The molecule has 1 spiro atoms. The number of hydrogen-bond acceptors (Lipinski definition) is 6. The average Bonchev–Trinajstić information content (AvgIpc) is 3.29. The zero-order valence-electron chi connectivity index (χ0n) is 23.5. The van der Waals surface area contributed by atoms with Crippen LogP contribution in [-0.2, 0) is 21.2 Å². The highest BCUT2D eigenvalue weighted by Crippen LogP contribution is 2.41. The lowest BCUT2D eigenvalue weighted by molar-refractivity contribution is -0.192. The molecule has 1 amide bonds. The molecule has 1 N–H and O–H groups in total. The first kappa shape index (κ1) is 32.4. The Labute approximate surface area is 239 Å². The van der Waals surface area contributed by atoms with Gasteiger partial charge < -0.3 is 14.7 Å². The van der Waals surface area contributed by atoms with Gasteiger partial charge in [-0.25, -0.2) is 13.2 Å².